The van der Waals surface area contributed by atoms with Gasteiger partial charge in [0.15, 0.2) is 0 Å². The van der Waals surface area contributed by atoms with E-state index in [0.717, 1.165) is 30.0 Å². The Bertz CT molecular complexity index is 370. The first kappa shape index (κ1) is 14.7. The molecule has 102 valence electrons. The highest BCUT2D eigenvalue weighted by molar-refractivity contribution is 5.57. The Balaban J connectivity index is 2.93. The molecule has 0 aromatic carbocycles. The molecule has 0 aliphatic heterocycles. The van der Waals surface area contributed by atoms with Crippen molar-refractivity contribution in [2.45, 2.75) is 39.7 Å². The average Bonchev–Trinajstić information content (AvgIpc) is 2.39. The summed E-state index contributed by atoms with van der Waals surface area (Å²) < 4.78 is 0. The maximum atomic E-state index is 9.17. The van der Waals surface area contributed by atoms with Gasteiger partial charge in [0.2, 0.25) is 0 Å². The molecule has 1 aromatic heterocycles. The molecule has 0 fully saturated rings. The SMILES string of the molecule is CCCc1c(NC)ncnc1NC(C)C(C)CO. The minimum absolute atomic E-state index is 0.168. The lowest BCUT2D eigenvalue weighted by molar-refractivity contribution is 0.226. The van der Waals surface area contributed by atoms with Gasteiger partial charge in [-0.2, -0.15) is 0 Å². The predicted octanol–water partition coefficient (Wildman–Crippen LogP) is 1.90. The van der Waals surface area contributed by atoms with Crippen LogP contribution in [-0.2, 0) is 6.42 Å². The number of aromatic nitrogens is 2. The molecule has 1 aromatic rings. The molecule has 5 heteroatoms. The second-order valence-corrected chi connectivity index (χ2v) is 4.64. The smallest absolute Gasteiger partial charge is 0.134 e. The Morgan fingerprint density at radius 2 is 1.94 bits per heavy atom. The summed E-state index contributed by atoms with van der Waals surface area (Å²) in [5, 5.41) is 15.6. The minimum Gasteiger partial charge on any atom is -0.396 e. The van der Waals surface area contributed by atoms with Crippen molar-refractivity contribution in [1.29, 1.82) is 0 Å². The predicted molar refractivity (Wildman–Crippen MR) is 74.9 cm³/mol. The summed E-state index contributed by atoms with van der Waals surface area (Å²) in [5.74, 6) is 1.93. The van der Waals surface area contributed by atoms with E-state index in [9.17, 15) is 5.11 Å². The fraction of sp³-hybridized carbons (Fsp3) is 0.692. The molecule has 0 bridgehead atoms. The summed E-state index contributed by atoms with van der Waals surface area (Å²) in [6, 6.07) is 0.171. The molecule has 0 radical (unpaired) electrons. The van der Waals surface area contributed by atoms with Crippen molar-refractivity contribution in [3.8, 4) is 0 Å². The maximum Gasteiger partial charge on any atom is 0.134 e. The lowest BCUT2D eigenvalue weighted by Gasteiger charge is -2.22. The van der Waals surface area contributed by atoms with Crippen LogP contribution in [0.5, 0.6) is 0 Å². The molecule has 18 heavy (non-hydrogen) atoms. The van der Waals surface area contributed by atoms with Gasteiger partial charge in [0, 0.05) is 25.3 Å². The molecular formula is C13H24N4O. The van der Waals surface area contributed by atoms with Gasteiger partial charge in [-0.15, -0.1) is 0 Å². The monoisotopic (exact) mass is 252 g/mol. The van der Waals surface area contributed by atoms with Crippen LogP contribution in [0.2, 0.25) is 0 Å². The van der Waals surface area contributed by atoms with Crippen molar-refractivity contribution in [3.63, 3.8) is 0 Å². The van der Waals surface area contributed by atoms with E-state index < -0.39 is 0 Å². The van der Waals surface area contributed by atoms with E-state index in [1.54, 1.807) is 6.33 Å². The zero-order valence-electron chi connectivity index (χ0n) is 11.7. The Labute approximate surface area is 109 Å². The van der Waals surface area contributed by atoms with E-state index in [4.69, 9.17) is 0 Å². The lowest BCUT2D eigenvalue weighted by Crippen LogP contribution is -2.27. The third-order valence-electron chi connectivity index (χ3n) is 3.19. The topological polar surface area (TPSA) is 70.1 Å². The number of aliphatic hydroxyl groups is 1. The van der Waals surface area contributed by atoms with Gasteiger partial charge in [0.1, 0.15) is 18.0 Å². The fourth-order valence-corrected chi connectivity index (χ4v) is 1.75. The van der Waals surface area contributed by atoms with Crippen molar-refractivity contribution < 1.29 is 5.11 Å². The Morgan fingerprint density at radius 1 is 1.28 bits per heavy atom. The van der Waals surface area contributed by atoms with Gasteiger partial charge in [-0.1, -0.05) is 20.3 Å². The van der Waals surface area contributed by atoms with Crippen LogP contribution in [0.3, 0.4) is 0 Å². The first-order valence-corrected chi connectivity index (χ1v) is 6.53. The normalized spacial score (nSPS) is 14.1. The summed E-state index contributed by atoms with van der Waals surface area (Å²) in [6.07, 6.45) is 3.53. The van der Waals surface area contributed by atoms with Gasteiger partial charge in [-0.25, -0.2) is 9.97 Å². The van der Waals surface area contributed by atoms with Gasteiger partial charge in [0.25, 0.3) is 0 Å². The van der Waals surface area contributed by atoms with Gasteiger partial charge >= 0.3 is 0 Å². The fourth-order valence-electron chi connectivity index (χ4n) is 1.75. The third kappa shape index (κ3) is 3.57. The standard InChI is InChI=1S/C13H24N4O/c1-5-6-11-12(14-4)15-8-16-13(11)17-10(3)9(2)7-18/h8-10,18H,5-7H2,1-4H3,(H2,14,15,16,17). The highest BCUT2D eigenvalue weighted by atomic mass is 16.3. The number of hydrogen-bond acceptors (Lipinski definition) is 5. The van der Waals surface area contributed by atoms with Gasteiger partial charge in [-0.05, 0) is 19.3 Å². The highest BCUT2D eigenvalue weighted by Crippen LogP contribution is 2.22. The molecule has 0 spiro atoms. The molecule has 2 unspecified atom stereocenters. The van der Waals surface area contributed by atoms with E-state index >= 15 is 0 Å². The zero-order valence-corrected chi connectivity index (χ0v) is 11.7. The van der Waals surface area contributed by atoms with E-state index in [2.05, 4.69) is 34.4 Å². The maximum absolute atomic E-state index is 9.17. The van der Waals surface area contributed by atoms with E-state index in [1.807, 2.05) is 14.0 Å². The molecule has 2 atom stereocenters. The molecule has 0 amide bonds. The largest absolute Gasteiger partial charge is 0.396 e. The van der Waals surface area contributed by atoms with Crippen LogP contribution in [-0.4, -0.2) is 34.8 Å². The summed E-state index contributed by atoms with van der Waals surface area (Å²) in [5.41, 5.74) is 1.11. The van der Waals surface area contributed by atoms with Crippen LogP contribution >= 0.6 is 0 Å². The summed E-state index contributed by atoms with van der Waals surface area (Å²) in [4.78, 5) is 8.56. The summed E-state index contributed by atoms with van der Waals surface area (Å²) in [7, 11) is 1.87. The van der Waals surface area contributed by atoms with Crippen LogP contribution in [0.1, 0.15) is 32.8 Å². The van der Waals surface area contributed by atoms with Crippen LogP contribution < -0.4 is 10.6 Å². The first-order valence-electron chi connectivity index (χ1n) is 6.53. The number of nitrogens with zero attached hydrogens (tertiary/aromatic N) is 2. The quantitative estimate of drug-likeness (QED) is 0.691. The molecule has 1 heterocycles. The Morgan fingerprint density at radius 3 is 2.50 bits per heavy atom. The minimum atomic E-state index is 0.168. The number of anilines is 2. The first-order chi connectivity index (χ1) is 8.63. The van der Waals surface area contributed by atoms with Crippen molar-refractivity contribution in [2.24, 2.45) is 5.92 Å². The van der Waals surface area contributed by atoms with Crippen LogP contribution in [0.15, 0.2) is 6.33 Å². The van der Waals surface area contributed by atoms with Gasteiger partial charge in [0.05, 0.1) is 0 Å². The van der Waals surface area contributed by atoms with E-state index in [-0.39, 0.29) is 18.6 Å². The molecule has 0 saturated heterocycles. The molecule has 3 N–H and O–H groups in total. The van der Waals surface area contributed by atoms with Crippen molar-refractivity contribution in [1.82, 2.24) is 9.97 Å². The number of nitrogens with one attached hydrogen (secondary N) is 2. The second kappa shape index (κ2) is 7.16. The highest BCUT2D eigenvalue weighted by Gasteiger charge is 2.15. The zero-order chi connectivity index (χ0) is 13.5. The number of aliphatic hydroxyl groups excluding tert-OH is 1. The van der Waals surface area contributed by atoms with E-state index in [0.29, 0.717) is 0 Å². The molecular weight excluding hydrogens is 228 g/mol. The van der Waals surface area contributed by atoms with Crippen LogP contribution in [0, 0.1) is 5.92 Å². The Hall–Kier alpha value is -1.36. The number of rotatable bonds is 7. The molecule has 0 aliphatic carbocycles. The molecule has 0 saturated carbocycles. The van der Waals surface area contributed by atoms with E-state index in [1.165, 1.54) is 0 Å². The van der Waals surface area contributed by atoms with Crippen LogP contribution in [0.4, 0.5) is 11.6 Å². The summed E-state index contributed by atoms with van der Waals surface area (Å²) in [6.45, 7) is 6.37. The Kier molecular flexibility index (Phi) is 5.85. The summed E-state index contributed by atoms with van der Waals surface area (Å²) >= 11 is 0. The van der Waals surface area contributed by atoms with Crippen molar-refractivity contribution in [3.05, 3.63) is 11.9 Å². The molecule has 0 aliphatic rings. The lowest BCUT2D eigenvalue weighted by atomic mass is 10.0. The van der Waals surface area contributed by atoms with Gasteiger partial charge in [-0.3, -0.25) is 0 Å². The molecule has 1 rings (SSSR count). The van der Waals surface area contributed by atoms with Crippen molar-refractivity contribution >= 4 is 11.6 Å². The van der Waals surface area contributed by atoms with Crippen LogP contribution in [0.25, 0.3) is 0 Å². The average molecular weight is 252 g/mol. The van der Waals surface area contributed by atoms with Gasteiger partial charge < -0.3 is 15.7 Å². The van der Waals surface area contributed by atoms with Crippen molar-refractivity contribution in [2.75, 3.05) is 24.3 Å². The molecule has 5 nitrogen and oxygen atoms in total. The number of hydrogen-bond donors (Lipinski definition) is 3. The third-order valence-corrected chi connectivity index (χ3v) is 3.19. The second-order valence-electron chi connectivity index (χ2n) is 4.64.